The Hall–Kier alpha value is -3.93. The fraction of sp³-hybridized carbons (Fsp3) is 0.222. The number of rotatable bonds is 9. The van der Waals surface area contributed by atoms with E-state index in [9.17, 15) is 14.4 Å². The molecule has 6 heteroatoms. The molecule has 1 unspecified atom stereocenters. The Morgan fingerprint density at radius 3 is 2.24 bits per heavy atom. The lowest BCUT2D eigenvalue weighted by Gasteiger charge is -2.18. The van der Waals surface area contributed by atoms with Crippen LogP contribution in [0.4, 0.5) is 5.69 Å². The molecule has 0 saturated heterocycles. The van der Waals surface area contributed by atoms with Crippen molar-refractivity contribution in [2.24, 2.45) is 0 Å². The summed E-state index contributed by atoms with van der Waals surface area (Å²) in [5, 5.41) is 2.72. The summed E-state index contributed by atoms with van der Waals surface area (Å²) in [5.41, 5.74) is 3.61. The van der Waals surface area contributed by atoms with Crippen molar-refractivity contribution in [1.29, 1.82) is 0 Å². The highest BCUT2D eigenvalue weighted by atomic mass is 16.5. The third kappa shape index (κ3) is 6.29. The molecule has 6 nitrogen and oxygen atoms in total. The fourth-order valence-electron chi connectivity index (χ4n) is 3.31. The highest BCUT2D eigenvalue weighted by Crippen LogP contribution is 2.25. The Kier molecular flexibility index (Phi) is 7.97. The predicted molar refractivity (Wildman–Crippen MR) is 126 cm³/mol. The molecule has 170 valence electrons. The van der Waals surface area contributed by atoms with E-state index in [2.05, 4.69) is 5.32 Å². The molecule has 3 rings (SSSR count). The number of amides is 1. The summed E-state index contributed by atoms with van der Waals surface area (Å²) in [6, 6.07) is 21.3. The number of nitrogens with one attached hydrogen (secondary N) is 1. The van der Waals surface area contributed by atoms with E-state index in [0.29, 0.717) is 22.6 Å². The van der Waals surface area contributed by atoms with Gasteiger partial charge in [-0.05, 0) is 43.2 Å². The molecule has 0 aromatic heterocycles. The molecule has 1 N–H and O–H groups in total. The SMILES string of the molecule is COc1ccccc1NC(=O)CCC(=O)OC(C(=O)c1ccc(C)c(C)c1)c1ccccc1. The van der Waals surface area contributed by atoms with Gasteiger partial charge in [0.15, 0.2) is 6.10 Å². The second-order valence-corrected chi connectivity index (χ2v) is 7.69. The van der Waals surface area contributed by atoms with Gasteiger partial charge in [-0.1, -0.05) is 54.6 Å². The van der Waals surface area contributed by atoms with Gasteiger partial charge < -0.3 is 14.8 Å². The van der Waals surface area contributed by atoms with Crippen molar-refractivity contribution in [3.05, 3.63) is 95.1 Å². The smallest absolute Gasteiger partial charge is 0.307 e. The first-order valence-corrected chi connectivity index (χ1v) is 10.7. The standard InChI is InChI=1S/C27H27NO5/c1-18-13-14-21(17-19(18)2)26(31)27(20-9-5-4-6-10-20)33-25(30)16-15-24(29)28-22-11-7-8-12-23(22)32-3/h4-14,17,27H,15-16H2,1-3H3,(H,28,29). The number of anilines is 1. The molecule has 0 spiro atoms. The number of para-hydroxylation sites is 2. The topological polar surface area (TPSA) is 81.7 Å². The lowest BCUT2D eigenvalue weighted by Crippen LogP contribution is -2.21. The number of ether oxygens (including phenoxy) is 2. The van der Waals surface area contributed by atoms with Gasteiger partial charge in [0.1, 0.15) is 5.75 Å². The summed E-state index contributed by atoms with van der Waals surface area (Å²) in [4.78, 5) is 38.1. The van der Waals surface area contributed by atoms with Crippen molar-refractivity contribution in [3.8, 4) is 5.75 Å². The molecule has 0 fully saturated rings. The van der Waals surface area contributed by atoms with E-state index >= 15 is 0 Å². The van der Waals surface area contributed by atoms with Gasteiger partial charge in [0.2, 0.25) is 11.7 Å². The molecule has 3 aromatic carbocycles. The van der Waals surface area contributed by atoms with Gasteiger partial charge in [-0.3, -0.25) is 14.4 Å². The highest BCUT2D eigenvalue weighted by Gasteiger charge is 2.26. The fourth-order valence-corrected chi connectivity index (χ4v) is 3.31. The maximum Gasteiger partial charge on any atom is 0.307 e. The van der Waals surface area contributed by atoms with E-state index in [0.717, 1.165) is 11.1 Å². The van der Waals surface area contributed by atoms with Crippen LogP contribution in [0.25, 0.3) is 0 Å². The number of carbonyl (C=O) groups excluding carboxylic acids is 3. The molecule has 0 aliphatic carbocycles. The summed E-state index contributed by atoms with van der Waals surface area (Å²) < 4.78 is 10.8. The predicted octanol–water partition coefficient (Wildman–Crippen LogP) is 5.20. The lowest BCUT2D eigenvalue weighted by molar-refractivity contribution is -0.148. The van der Waals surface area contributed by atoms with E-state index in [1.807, 2.05) is 26.0 Å². The van der Waals surface area contributed by atoms with E-state index in [1.54, 1.807) is 60.7 Å². The zero-order valence-electron chi connectivity index (χ0n) is 19.0. The average Bonchev–Trinajstić information content (AvgIpc) is 2.83. The number of esters is 1. The molecule has 1 amide bonds. The maximum absolute atomic E-state index is 13.2. The summed E-state index contributed by atoms with van der Waals surface area (Å²) >= 11 is 0. The molecular weight excluding hydrogens is 418 g/mol. The lowest BCUT2D eigenvalue weighted by atomic mass is 9.97. The Morgan fingerprint density at radius 2 is 1.55 bits per heavy atom. The molecule has 0 saturated carbocycles. The van der Waals surface area contributed by atoms with Gasteiger partial charge in [0, 0.05) is 17.5 Å². The number of carbonyl (C=O) groups is 3. The van der Waals surface area contributed by atoms with Gasteiger partial charge >= 0.3 is 5.97 Å². The van der Waals surface area contributed by atoms with Crippen molar-refractivity contribution in [3.63, 3.8) is 0 Å². The Morgan fingerprint density at radius 1 is 0.848 bits per heavy atom. The molecular formula is C27H27NO5. The van der Waals surface area contributed by atoms with Crippen LogP contribution in [-0.4, -0.2) is 24.8 Å². The minimum atomic E-state index is -1.09. The van der Waals surface area contributed by atoms with Gasteiger partial charge in [-0.15, -0.1) is 0 Å². The first-order chi connectivity index (χ1) is 15.9. The van der Waals surface area contributed by atoms with Crippen LogP contribution in [0.15, 0.2) is 72.8 Å². The van der Waals surface area contributed by atoms with Crippen LogP contribution in [0.3, 0.4) is 0 Å². The number of aryl methyl sites for hydroxylation is 2. The number of benzene rings is 3. The molecule has 0 bridgehead atoms. The number of hydrogen-bond donors (Lipinski definition) is 1. The van der Waals surface area contributed by atoms with E-state index < -0.39 is 12.1 Å². The number of methoxy groups -OCH3 is 1. The van der Waals surface area contributed by atoms with E-state index in [4.69, 9.17) is 9.47 Å². The zero-order valence-corrected chi connectivity index (χ0v) is 19.0. The molecule has 1 atom stereocenters. The van der Waals surface area contributed by atoms with Gasteiger partial charge in [0.05, 0.1) is 19.2 Å². The maximum atomic E-state index is 13.2. The van der Waals surface area contributed by atoms with Crippen LogP contribution < -0.4 is 10.1 Å². The minimum Gasteiger partial charge on any atom is -0.495 e. The second-order valence-electron chi connectivity index (χ2n) is 7.69. The molecule has 0 radical (unpaired) electrons. The molecule has 0 heterocycles. The normalized spacial score (nSPS) is 11.4. The highest BCUT2D eigenvalue weighted by molar-refractivity contribution is 6.01. The van der Waals surface area contributed by atoms with E-state index in [-0.39, 0.29) is 24.5 Å². The number of ketones is 1. The van der Waals surface area contributed by atoms with Gasteiger partial charge in [0.25, 0.3) is 0 Å². The van der Waals surface area contributed by atoms with Crippen LogP contribution in [0.1, 0.15) is 46.0 Å². The monoisotopic (exact) mass is 445 g/mol. The quantitative estimate of drug-likeness (QED) is 0.362. The van der Waals surface area contributed by atoms with Crippen LogP contribution in [0.2, 0.25) is 0 Å². The number of hydrogen-bond acceptors (Lipinski definition) is 5. The molecule has 3 aromatic rings. The van der Waals surface area contributed by atoms with Gasteiger partial charge in [-0.2, -0.15) is 0 Å². The summed E-state index contributed by atoms with van der Waals surface area (Å²) in [7, 11) is 1.51. The third-order valence-electron chi connectivity index (χ3n) is 5.32. The minimum absolute atomic E-state index is 0.0871. The van der Waals surface area contributed by atoms with Crippen LogP contribution in [-0.2, 0) is 14.3 Å². The Balaban J connectivity index is 1.68. The number of Topliss-reactive ketones (excluding diaryl/α,β-unsaturated/α-hetero) is 1. The third-order valence-corrected chi connectivity index (χ3v) is 5.32. The Labute approximate surface area is 193 Å². The Bertz CT molecular complexity index is 1140. The largest absolute Gasteiger partial charge is 0.495 e. The summed E-state index contributed by atoms with van der Waals surface area (Å²) in [6.07, 6.45) is -1.33. The molecule has 0 aliphatic heterocycles. The second kappa shape index (κ2) is 11.1. The van der Waals surface area contributed by atoms with Crippen molar-refractivity contribution < 1.29 is 23.9 Å². The van der Waals surface area contributed by atoms with Crippen molar-refractivity contribution in [1.82, 2.24) is 0 Å². The average molecular weight is 446 g/mol. The van der Waals surface area contributed by atoms with E-state index in [1.165, 1.54) is 7.11 Å². The first-order valence-electron chi connectivity index (χ1n) is 10.7. The van der Waals surface area contributed by atoms with Crippen molar-refractivity contribution in [2.45, 2.75) is 32.8 Å². The summed E-state index contributed by atoms with van der Waals surface area (Å²) in [5.74, 6) is -0.767. The molecule has 33 heavy (non-hydrogen) atoms. The van der Waals surface area contributed by atoms with Crippen LogP contribution in [0, 0.1) is 13.8 Å². The summed E-state index contributed by atoms with van der Waals surface area (Å²) in [6.45, 7) is 3.89. The van der Waals surface area contributed by atoms with Crippen LogP contribution >= 0.6 is 0 Å². The molecule has 0 aliphatic rings. The first kappa shape index (κ1) is 23.7. The zero-order chi connectivity index (χ0) is 23.8. The van der Waals surface area contributed by atoms with Gasteiger partial charge in [-0.25, -0.2) is 0 Å². The van der Waals surface area contributed by atoms with Crippen molar-refractivity contribution >= 4 is 23.3 Å². The van der Waals surface area contributed by atoms with Crippen LogP contribution in [0.5, 0.6) is 5.75 Å². The van der Waals surface area contributed by atoms with Crippen molar-refractivity contribution in [2.75, 3.05) is 12.4 Å².